The van der Waals surface area contributed by atoms with Gasteiger partial charge in [0.1, 0.15) is 32.0 Å². The molecule has 10 nitrogen and oxygen atoms in total. The molecule has 0 spiro atoms. The van der Waals surface area contributed by atoms with Crippen LogP contribution in [0.5, 0.6) is 0 Å². The highest BCUT2D eigenvalue weighted by atomic mass is 16.6. The zero-order valence-corrected chi connectivity index (χ0v) is 38.3. The molecule has 0 N–H and O–H groups in total. The molecule has 0 bridgehead atoms. The number of hydrogen-bond acceptors (Lipinski definition) is 10. The van der Waals surface area contributed by atoms with E-state index in [2.05, 4.69) is 13.8 Å². The Morgan fingerprint density at radius 3 is 0.983 bits per heavy atom. The van der Waals surface area contributed by atoms with Crippen LogP contribution in [0.4, 0.5) is 0 Å². The molecule has 10 heteroatoms. The first-order valence-electron chi connectivity index (χ1n) is 23.8. The van der Waals surface area contributed by atoms with Crippen LogP contribution in [0.2, 0.25) is 0 Å². The minimum atomic E-state index is -0.815. The monoisotopic (exact) mass is 825 g/mol. The van der Waals surface area contributed by atoms with Gasteiger partial charge in [-0.1, -0.05) is 137 Å². The van der Waals surface area contributed by atoms with Crippen LogP contribution in [-0.4, -0.2) is 61.9 Å². The number of rotatable bonds is 41. The van der Waals surface area contributed by atoms with Crippen LogP contribution in [0.3, 0.4) is 0 Å². The van der Waals surface area contributed by atoms with E-state index in [4.69, 9.17) is 23.7 Å². The predicted octanol–water partition coefficient (Wildman–Crippen LogP) is 12.6. The van der Waals surface area contributed by atoms with Crippen molar-refractivity contribution in [2.45, 2.75) is 253 Å². The van der Waals surface area contributed by atoms with Gasteiger partial charge in [0.25, 0.3) is 0 Å². The Bertz CT molecular complexity index is 1050. The van der Waals surface area contributed by atoms with Crippen molar-refractivity contribution in [3.05, 3.63) is 0 Å². The number of carbonyl (C=O) groups is 5. The van der Waals surface area contributed by atoms with Gasteiger partial charge in [-0.2, -0.15) is 0 Å². The molecule has 0 aromatic carbocycles. The van der Waals surface area contributed by atoms with E-state index in [1.54, 1.807) is 6.92 Å². The molecular weight excluding hydrogens is 737 g/mol. The number of esters is 5. The third-order valence-corrected chi connectivity index (χ3v) is 11.1. The average molecular weight is 825 g/mol. The zero-order valence-electron chi connectivity index (χ0n) is 38.3. The molecular formula is C48H88O10. The van der Waals surface area contributed by atoms with Crippen LogP contribution in [-0.2, 0) is 47.7 Å². The summed E-state index contributed by atoms with van der Waals surface area (Å²) in [5.41, 5.74) is -0.815. The molecule has 0 aromatic heterocycles. The van der Waals surface area contributed by atoms with Gasteiger partial charge in [-0.05, 0) is 70.6 Å². The van der Waals surface area contributed by atoms with Crippen LogP contribution < -0.4 is 0 Å². The highest BCUT2D eigenvalue weighted by Crippen LogP contribution is 2.26. The molecule has 0 amide bonds. The topological polar surface area (TPSA) is 132 Å². The van der Waals surface area contributed by atoms with Crippen molar-refractivity contribution in [2.75, 3.05) is 19.8 Å². The molecule has 0 heterocycles. The molecule has 0 aliphatic heterocycles. The molecule has 0 rings (SSSR count). The summed E-state index contributed by atoms with van der Waals surface area (Å²) in [6.45, 7) is 11.1. The van der Waals surface area contributed by atoms with Gasteiger partial charge in [0, 0.05) is 33.1 Å². The molecule has 0 saturated heterocycles. The van der Waals surface area contributed by atoms with Gasteiger partial charge in [-0.3, -0.25) is 24.0 Å². The van der Waals surface area contributed by atoms with Crippen molar-refractivity contribution in [3.8, 4) is 0 Å². The Balaban J connectivity index is 4.55. The minimum absolute atomic E-state index is 0.00255. The van der Waals surface area contributed by atoms with Crippen LogP contribution in [0.1, 0.15) is 241 Å². The van der Waals surface area contributed by atoms with Crippen LogP contribution in [0, 0.1) is 5.41 Å². The van der Waals surface area contributed by atoms with E-state index in [1.165, 1.54) is 90.9 Å². The van der Waals surface area contributed by atoms with E-state index in [-0.39, 0.29) is 74.7 Å². The summed E-state index contributed by atoms with van der Waals surface area (Å²) < 4.78 is 28.0. The minimum Gasteiger partial charge on any atom is -0.465 e. The van der Waals surface area contributed by atoms with Gasteiger partial charge in [-0.25, -0.2) is 0 Å². The van der Waals surface area contributed by atoms with E-state index < -0.39 is 5.41 Å². The van der Waals surface area contributed by atoms with E-state index >= 15 is 0 Å². The number of carbonyl (C=O) groups excluding carboxylic acids is 5. The summed E-state index contributed by atoms with van der Waals surface area (Å²) in [5, 5.41) is 0. The molecule has 0 aromatic rings. The van der Waals surface area contributed by atoms with E-state index in [0.29, 0.717) is 25.7 Å². The van der Waals surface area contributed by atoms with Crippen molar-refractivity contribution in [1.82, 2.24) is 0 Å². The van der Waals surface area contributed by atoms with Gasteiger partial charge in [-0.15, -0.1) is 0 Å². The summed E-state index contributed by atoms with van der Waals surface area (Å²) in [6, 6.07) is 0. The van der Waals surface area contributed by atoms with Gasteiger partial charge in [0.15, 0.2) is 0 Å². The third kappa shape index (κ3) is 34.2. The van der Waals surface area contributed by atoms with Gasteiger partial charge < -0.3 is 23.7 Å². The van der Waals surface area contributed by atoms with E-state index in [0.717, 1.165) is 83.5 Å². The van der Waals surface area contributed by atoms with Gasteiger partial charge >= 0.3 is 29.8 Å². The van der Waals surface area contributed by atoms with Gasteiger partial charge in [0.05, 0.1) is 5.41 Å². The second-order valence-corrected chi connectivity index (χ2v) is 16.7. The summed E-state index contributed by atoms with van der Waals surface area (Å²) >= 11 is 0. The maximum atomic E-state index is 12.7. The van der Waals surface area contributed by atoms with Crippen LogP contribution >= 0.6 is 0 Å². The Kier molecular flexibility index (Phi) is 36.8. The van der Waals surface area contributed by atoms with Crippen molar-refractivity contribution in [3.63, 3.8) is 0 Å². The highest BCUT2D eigenvalue weighted by molar-refractivity contribution is 5.70. The molecule has 0 fully saturated rings. The molecule has 0 radical (unpaired) electrons. The Morgan fingerprint density at radius 1 is 0.397 bits per heavy atom. The Morgan fingerprint density at radius 2 is 0.690 bits per heavy atom. The first-order chi connectivity index (χ1) is 28.0. The van der Waals surface area contributed by atoms with Crippen LogP contribution in [0.25, 0.3) is 0 Å². The van der Waals surface area contributed by atoms with Crippen molar-refractivity contribution in [1.29, 1.82) is 0 Å². The summed E-state index contributed by atoms with van der Waals surface area (Å²) in [5.74, 6) is -1.42. The normalized spacial score (nSPS) is 13.3. The molecule has 3 atom stereocenters. The second kappa shape index (κ2) is 38.5. The lowest BCUT2D eigenvalue weighted by molar-refractivity contribution is -0.162. The third-order valence-electron chi connectivity index (χ3n) is 11.1. The molecule has 0 saturated carbocycles. The first-order valence-corrected chi connectivity index (χ1v) is 23.8. The van der Waals surface area contributed by atoms with Crippen molar-refractivity contribution in [2.24, 2.45) is 5.41 Å². The summed E-state index contributed by atoms with van der Waals surface area (Å²) in [7, 11) is 0. The second-order valence-electron chi connectivity index (χ2n) is 16.7. The molecule has 3 unspecified atom stereocenters. The van der Waals surface area contributed by atoms with Crippen LogP contribution in [0.15, 0.2) is 0 Å². The Hall–Kier alpha value is -2.65. The van der Waals surface area contributed by atoms with Crippen molar-refractivity contribution >= 4 is 29.8 Å². The number of unbranched alkanes of at least 4 members (excludes halogenated alkanes) is 19. The standard InChI is InChI=1S/C48H88O10/c1-7-11-13-15-17-20-26-32-43(57-41(5)49)34-28-22-19-23-30-36-46(52)55-39-48(10-4,38-54-45(51)9-3)40-56-47(53)37-31-25-24-29-35-44(58-42(6)50)33-27-21-18-16-14-12-8-2/h43-44H,7-40H2,1-6H3. The summed E-state index contributed by atoms with van der Waals surface area (Å²) in [6.07, 6.45) is 30.2. The number of ether oxygens (including phenoxy) is 5. The fourth-order valence-electron chi connectivity index (χ4n) is 7.20. The molecule has 0 aliphatic carbocycles. The average Bonchev–Trinajstić information content (AvgIpc) is 3.20. The zero-order chi connectivity index (χ0) is 43.1. The fraction of sp³-hybridized carbons (Fsp3) is 0.896. The van der Waals surface area contributed by atoms with Gasteiger partial charge in [0.2, 0.25) is 0 Å². The fourth-order valence-corrected chi connectivity index (χ4v) is 7.20. The molecule has 340 valence electrons. The predicted molar refractivity (Wildman–Crippen MR) is 232 cm³/mol. The lowest BCUT2D eigenvalue weighted by atomic mass is 9.88. The highest BCUT2D eigenvalue weighted by Gasteiger charge is 2.34. The molecule has 58 heavy (non-hydrogen) atoms. The summed E-state index contributed by atoms with van der Waals surface area (Å²) in [4.78, 5) is 60.8. The largest absolute Gasteiger partial charge is 0.465 e. The van der Waals surface area contributed by atoms with E-state index in [9.17, 15) is 24.0 Å². The lowest BCUT2D eigenvalue weighted by Gasteiger charge is -2.31. The maximum absolute atomic E-state index is 12.7. The lowest BCUT2D eigenvalue weighted by Crippen LogP contribution is -2.39. The quantitative estimate of drug-likeness (QED) is 0.0333. The van der Waals surface area contributed by atoms with Crippen molar-refractivity contribution < 1.29 is 47.7 Å². The smallest absolute Gasteiger partial charge is 0.305 e. The SMILES string of the molecule is CCCCCCCCCC(CCCCCCCC(=O)OCC(CC)(COC(=O)CC)COC(=O)CCCCCCC(CCCCCCCCC)OC(C)=O)OC(C)=O. The number of hydrogen-bond donors (Lipinski definition) is 0. The maximum Gasteiger partial charge on any atom is 0.305 e. The molecule has 0 aliphatic rings. The first kappa shape index (κ1) is 55.4. The van der Waals surface area contributed by atoms with E-state index in [1.807, 2.05) is 6.92 Å². The Labute approximate surface area is 354 Å².